The minimum atomic E-state index is -4.17. The first kappa shape index (κ1) is 21.8. The smallest absolute Gasteiger partial charge is 0.307 e. The number of ether oxygens (including phenoxy) is 1. The van der Waals surface area contributed by atoms with E-state index in [4.69, 9.17) is 5.14 Å². The van der Waals surface area contributed by atoms with E-state index in [0.29, 0.717) is 0 Å². The third-order valence-corrected chi connectivity index (χ3v) is 4.45. The van der Waals surface area contributed by atoms with Gasteiger partial charge in [-0.1, -0.05) is 0 Å². The minimum absolute atomic E-state index is 0.159. The van der Waals surface area contributed by atoms with Crippen LogP contribution in [0.3, 0.4) is 0 Å². The number of nitrogens with one attached hydrogen (secondary N) is 1. The Morgan fingerprint density at radius 2 is 1.96 bits per heavy atom. The molecule has 0 saturated heterocycles. The molecule has 0 aliphatic carbocycles. The number of nitrogens with zero attached hydrogens (tertiary/aromatic N) is 1. The highest BCUT2D eigenvalue weighted by Gasteiger charge is 2.23. The zero-order valence-corrected chi connectivity index (χ0v) is 15.4. The van der Waals surface area contributed by atoms with Gasteiger partial charge >= 0.3 is 5.97 Å². The summed E-state index contributed by atoms with van der Waals surface area (Å²) in [4.78, 5) is 21.3. The average molecular weight is 411 g/mol. The number of nitro benzene ring substituents is 1. The lowest BCUT2D eigenvalue weighted by Crippen LogP contribution is -2.30. The molecule has 0 spiro atoms. The van der Waals surface area contributed by atoms with Crippen molar-refractivity contribution in [1.29, 1.82) is 0 Å². The van der Waals surface area contributed by atoms with Crippen molar-refractivity contribution in [2.45, 2.75) is 17.4 Å². The van der Waals surface area contributed by atoms with Crippen LogP contribution in [0.5, 0.6) is 0 Å². The molecule has 1 aromatic rings. The maximum absolute atomic E-state index is 11.4. The van der Waals surface area contributed by atoms with Gasteiger partial charge in [-0.3, -0.25) is 19.1 Å². The number of hydrogen-bond donors (Lipinski definition) is 2. The summed E-state index contributed by atoms with van der Waals surface area (Å²) < 4.78 is 54.0. The number of esters is 1. The van der Waals surface area contributed by atoms with Crippen molar-refractivity contribution in [1.82, 2.24) is 0 Å². The molecule has 0 fully saturated rings. The van der Waals surface area contributed by atoms with Crippen LogP contribution in [-0.4, -0.2) is 53.7 Å². The number of rotatable bonds is 9. The lowest BCUT2D eigenvalue weighted by molar-refractivity contribution is -0.384. The van der Waals surface area contributed by atoms with Gasteiger partial charge in [0.05, 0.1) is 42.3 Å². The van der Waals surface area contributed by atoms with Crippen molar-refractivity contribution < 1.29 is 35.5 Å². The lowest BCUT2D eigenvalue weighted by Gasteiger charge is -2.18. The summed E-state index contributed by atoms with van der Waals surface area (Å²) >= 11 is 0. The van der Waals surface area contributed by atoms with Crippen molar-refractivity contribution in [3.63, 3.8) is 0 Å². The average Bonchev–Trinajstić information content (AvgIpc) is 2.50. The Balaban J connectivity index is 3.19. The van der Waals surface area contributed by atoms with Crippen molar-refractivity contribution in [2.75, 3.05) is 25.3 Å². The van der Waals surface area contributed by atoms with Gasteiger partial charge < -0.3 is 10.1 Å². The number of methoxy groups -OCH3 is 1. The SMILES string of the molecule is COC(=O)CC(COS(C)(=O)=O)Nc1ccc(S(N)(=O)=O)cc1[N+](=O)[O-]. The van der Waals surface area contributed by atoms with Crippen LogP contribution in [0, 0.1) is 10.1 Å². The van der Waals surface area contributed by atoms with Crippen molar-refractivity contribution in [2.24, 2.45) is 5.14 Å². The van der Waals surface area contributed by atoms with Gasteiger partial charge in [-0.15, -0.1) is 0 Å². The van der Waals surface area contributed by atoms with Crippen molar-refractivity contribution in [3.05, 3.63) is 28.3 Å². The molecule has 0 saturated carbocycles. The number of nitro groups is 1. The van der Waals surface area contributed by atoms with E-state index in [2.05, 4.69) is 14.2 Å². The largest absolute Gasteiger partial charge is 0.469 e. The molecule has 146 valence electrons. The molecule has 0 heterocycles. The molecular weight excluding hydrogens is 394 g/mol. The number of hydrogen-bond acceptors (Lipinski definition) is 10. The predicted molar refractivity (Wildman–Crippen MR) is 89.3 cm³/mol. The predicted octanol–water partition coefficient (Wildman–Crippen LogP) is -0.438. The molecule has 1 aromatic carbocycles. The van der Waals surface area contributed by atoms with Crippen molar-refractivity contribution in [3.8, 4) is 0 Å². The third kappa shape index (κ3) is 6.91. The third-order valence-electron chi connectivity index (χ3n) is 2.98. The monoisotopic (exact) mass is 411 g/mol. The van der Waals surface area contributed by atoms with Gasteiger partial charge in [-0.25, -0.2) is 13.6 Å². The molecule has 12 nitrogen and oxygen atoms in total. The Labute approximate surface area is 149 Å². The quantitative estimate of drug-likeness (QED) is 0.233. The molecule has 0 radical (unpaired) electrons. The van der Waals surface area contributed by atoms with E-state index in [9.17, 15) is 31.7 Å². The zero-order chi connectivity index (χ0) is 20.1. The highest BCUT2D eigenvalue weighted by atomic mass is 32.2. The summed E-state index contributed by atoms with van der Waals surface area (Å²) in [6.45, 7) is -0.512. The summed E-state index contributed by atoms with van der Waals surface area (Å²) in [6.07, 6.45) is 0.436. The van der Waals surface area contributed by atoms with E-state index >= 15 is 0 Å². The molecule has 0 aliphatic heterocycles. The summed E-state index contributed by atoms with van der Waals surface area (Å²) in [5.74, 6) is -0.719. The topological polar surface area (TPSA) is 185 Å². The standard InChI is InChI=1S/C12H17N3O9S2/c1-23-12(16)5-8(7-24-25(2,19)20)14-10-4-3-9(26(13,21)22)6-11(10)15(17)18/h3-4,6,8,14H,5,7H2,1-2H3,(H2,13,21,22). The van der Waals surface area contributed by atoms with Crippen LogP contribution < -0.4 is 10.5 Å². The molecular formula is C12H17N3O9S2. The van der Waals surface area contributed by atoms with Gasteiger partial charge in [-0.2, -0.15) is 8.42 Å². The summed E-state index contributed by atoms with van der Waals surface area (Å²) in [6, 6.07) is 1.83. The number of primary sulfonamides is 1. The fourth-order valence-electron chi connectivity index (χ4n) is 1.82. The molecule has 0 bridgehead atoms. The van der Waals surface area contributed by atoms with E-state index in [-0.39, 0.29) is 12.1 Å². The number of carbonyl (C=O) groups is 1. The van der Waals surface area contributed by atoms with E-state index in [1.807, 2.05) is 0 Å². The number of anilines is 1. The summed E-state index contributed by atoms with van der Waals surface area (Å²) in [7, 11) is -6.88. The van der Waals surface area contributed by atoms with Gasteiger partial charge in [0.25, 0.3) is 15.8 Å². The van der Waals surface area contributed by atoms with Gasteiger partial charge in [0.15, 0.2) is 0 Å². The number of sulfonamides is 1. The van der Waals surface area contributed by atoms with E-state index in [1.54, 1.807) is 0 Å². The second-order valence-electron chi connectivity index (χ2n) is 5.09. The Kier molecular flexibility index (Phi) is 7.02. The molecule has 14 heteroatoms. The maximum atomic E-state index is 11.4. The first-order valence-electron chi connectivity index (χ1n) is 6.82. The van der Waals surface area contributed by atoms with Crippen LogP contribution in [-0.2, 0) is 33.9 Å². The molecule has 1 unspecified atom stereocenters. The number of nitrogens with two attached hydrogens (primary N) is 1. The van der Waals surface area contributed by atoms with Crippen LogP contribution >= 0.6 is 0 Å². The fraction of sp³-hybridized carbons (Fsp3) is 0.417. The van der Waals surface area contributed by atoms with Crippen LogP contribution in [0.2, 0.25) is 0 Å². The highest BCUT2D eigenvalue weighted by molar-refractivity contribution is 7.89. The van der Waals surface area contributed by atoms with Crippen LogP contribution in [0.25, 0.3) is 0 Å². The number of carbonyl (C=O) groups excluding carboxylic acids is 1. The molecule has 1 atom stereocenters. The maximum Gasteiger partial charge on any atom is 0.307 e. The molecule has 1 rings (SSSR count). The highest BCUT2D eigenvalue weighted by Crippen LogP contribution is 2.28. The van der Waals surface area contributed by atoms with E-state index in [0.717, 1.165) is 31.6 Å². The number of benzene rings is 1. The van der Waals surface area contributed by atoms with Crippen LogP contribution in [0.1, 0.15) is 6.42 Å². The summed E-state index contributed by atoms with van der Waals surface area (Å²) in [5.41, 5.74) is -0.792. The Morgan fingerprint density at radius 3 is 2.42 bits per heavy atom. The van der Waals surface area contributed by atoms with Gasteiger partial charge in [-0.05, 0) is 12.1 Å². The normalized spacial score (nSPS) is 13.0. The second kappa shape index (κ2) is 8.39. The Hall–Kier alpha value is -2.29. The van der Waals surface area contributed by atoms with E-state index < -0.39 is 54.3 Å². The lowest BCUT2D eigenvalue weighted by atomic mass is 10.2. The molecule has 26 heavy (non-hydrogen) atoms. The van der Waals surface area contributed by atoms with Crippen molar-refractivity contribution >= 4 is 37.5 Å². The van der Waals surface area contributed by atoms with Gasteiger partial charge in [0.1, 0.15) is 5.69 Å². The molecule has 0 aliphatic rings. The summed E-state index contributed by atoms with van der Waals surface area (Å²) in [5, 5.41) is 18.7. The first-order valence-corrected chi connectivity index (χ1v) is 10.2. The fourth-order valence-corrected chi connectivity index (χ4v) is 2.77. The zero-order valence-electron chi connectivity index (χ0n) is 13.7. The molecule has 3 N–H and O–H groups in total. The van der Waals surface area contributed by atoms with Gasteiger partial charge in [0.2, 0.25) is 10.0 Å². The Bertz CT molecular complexity index is 897. The van der Waals surface area contributed by atoms with E-state index in [1.165, 1.54) is 0 Å². The van der Waals surface area contributed by atoms with Crippen LogP contribution in [0.15, 0.2) is 23.1 Å². The molecule has 0 aromatic heterocycles. The van der Waals surface area contributed by atoms with Crippen LogP contribution in [0.4, 0.5) is 11.4 Å². The molecule has 0 amide bonds. The Morgan fingerprint density at radius 1 is 1.35 bits per heavy atom. The minimum Gasteiger partial charge on any atom is -0.469 e. The second-order valence-corrected chi connectivity index (χ2v) is 8.30. The van der Waals surface area contributed by atoms with Gasteiger partial charge in [0, 0.05) is 6.07 Å². The first-order chi connectivity index (χ1) is 11.8.